The maximum Gasteiger partial charge on any atom is 0.0928 e. The van der Waals surface area contributed by atoms with Crippen LogP contribution in [0.15, 0.2) is 115 Å². The van der Waals surface area contributed by atoms with Gasteiger partial charge in [0.1, 0.15) is 0 Å². The van der Waals surface area contributed by atoms with Crippen LogP contribution in [0.25, 0.3) is 11.1 Å². The number of rotatable bonds is 4. The SMILES string of the molecule is NC(c1ccccc1)(c1ccccc1)c1ccccc1-c1ccccc1. The molecule has 0 aromatic heterocycles. The summed E-state index contributed by atoms with van der Waals surface area (Å²) in [6, 6.07) is 39.5. The maximum absolute atomic E-state index is 7.20. The van der Waals surface area contributed by atoms with Gasteiger partial charge in [-0.1, -0.05) is 115 Å². The molecule has 126 valence electrons. The van der Waals surface area contributed by atoms with Crippen molar-refractivity contribution in [3.63, 3.8) is 0 Å². The van der Waals surface area contributed by atoms with Crippen molar-refractivity contribution in [3.05, 3.63) is 132 Å². The summed E-state index contributed by atoms with van der Waals surface area (Å²) in [5, 5.41) is 0. The van der Waals surface area contributed by atoms with Gasteiger partial charge in [-0.25, -0.2) is 0 Å². The summed E-state index contributed by atoms with van der Waals surface area (Å²) in [7, 11) is 0. The third kappa shape index (κ3) is 2.83. The fourth-order valence-electron chi connectivity index (χ4n) is 3.58. The molecule has 26 heavy (non-hydrogen) atoms. The Bertz CT molecular complexity index is 937. The van der Waals surface area contributed by atoms with Crippen LogP contribution in [-0.2, 0) is 5.54 Å². The number of hydrogen-bond donors (Lipinski definition) is 1. The normalized spacial score (nSPS) is 11.3. The van der Waals surface area contributed by atoms with Crippen LogP contribution in [0.1, 0.15) is 16.7 Å². The molecule has 0 aliphatic carbocycles. The lowest BCUT2D eigenvalue weighted by Crippen LogP contribution is -2.39. The largest absolute Gasteiger partial charge is 0.314 e. The van der Waals surface area contributed by atoms with Gasteiger partial charge in [0, 0.05) is 0 Å². The minimum absolute atomic E-state index is 0.727. The van der Waals surface area contributed by atoms with Crippen LogP contribution in [-0.4, -0.2) is 0 Å². The fraction of sp³-hybridized carbons (Fsp3) is 0.0400. The zero-order valence-corrected chi connectivity index (χ0v) is 14.5. The second kappa shape index (κ2) is 6.99. The molecule has 0 bridgehead atoms. The third-order valence-electron chi connectivity index (χ3n) is 4.89. The summed E-state index contributed by atoms with van der Waals surface area (Å²) >= 11 is 0. The van der Waals surface area contributed by atoms with E-state index in [9.17, 15) is 0 Å². The molecule has 0 radical (unpaired) electrons. The van der Waals surface area contributed by atoms with Crippen LogP contribution >= 0.6 is 0 Å². The molecule has 4 aromatic carbocycles. The monoisotopic (exact) mass is 335 g/mol. The van der Waals surface area contributed by atoms with Crippen LogP contribution in [0.2, 0.25) is 0 Å². The van der Waals surface area contributed by atoms with Crippen molar-refractivity contribution in [2.45, 2.75) is 5.54 Å². The molecule has 0 unspecified atom stereocenters. The van der Waals surface area contributed by atoms with E-state index in [1.807, 2.05) is 42.5 Å². The predicted octanol–water partition coefficient (Wildman–Crippen LogP) is 5.60. The Morgan fingerprint density at radius 3 is 1.42 bits per heavy atom. The standard InChI is InChI=1S/C25H21N/c26-25(21-14-6-2-7-15-21,22-16-8-3-9-17-22)24-19-11-10-18-23(24)20-12-4-1-5-13-20/h1-19H,26H2. The molecule has 4 rings (SSSR count). The van der Waals surface area contributed by atoms with Gasteiger partial charge >= 0.3 is 0 Å². The molecular weight excluding hydrogens is 314 g/mol. The van der Waals surface area contributed by atoms with Gasteiger partial charge in [-0.3, -0.25) is 0 Å². The van der Waals surface area contributed by atoms with Crippen LogP contribution in [0, 0.1) is 0 Å². The highest BCUT2D eigenvalue weighted by atomic mass is 14.8. The molecule has 2 N–H and O–H groups in total. The van der Waals surface area contributed by atoms with E-state index in [0.717, 1.165) is 22.3 Å². The number of nitrogens with two attached hydrogens (primary N) is 1. The lowest BCUT2D eigenvalue weighted by molar-refractivity contribution is 0.654. The van der Waals surface area contributed by atoms with Crippen LogP contribution < -0.4 is 5.73 Å². The molecule has 0 aliphatic heterocycles. The molecular formula is C25H21N. The van der Waals surface area contributed by atoms with Crippen molar-refractivity contribution < 1.29 is 0 Å². The predicted molar refractivity (Wildman–Crippen MR) is 109 cm³/mol. The first-order chi connectivity index (χ1) is 12.8. The van der Waals surface area contributed by atoms with Crippen molar-refractivity contribution in [3.8, 4) is 11.1 Å². The Labute approximate surface area is 154 Å². The van der Waals surface area contributed by atoms with Crippen molar-refractivity contribution in [1.82, 2.24) is 0 Å². The lowest BCUT2D eigenvalue weighted by Gasteiger charge is -2.33. The Morgan fingerprint density at radius 2 is 0.885 bits per heavy atom. The number of benzene rings is 4. The summed E-state index contributed by atoms with van der Waals surface area (Å²) in [6.45, 7) is 0. The minimum atomic E-state index is -0.727. The summed E-state index contributed by atoms with van der Waals surface area (Å²) in [4.78, 5) is 0. The minimum Gasteiger partial charge on any atom is -0.314 e. The summed E-state index contributed by atoms with van der Waals surface area (Å²) < 4.78 is 0. The molecule has 0 aliphatic rings. The van der Waals surface area contributed by atoms with Gasteiger partial charge in [0.15, 0.2) is 0 Å². The summed E-state index contributed by atoms with van der Waals surface area (Å²) in [5.74, 6) is 0. The van der Waals surface area contributed by atoms with Gasteiger partial charge in [-0.05, 0) is 27.8 Å². The van der Waals surface area contributed by atoms with E-state index < -0.39 is 5.54 Å². The smallest absolute Gasteiger partial charge is 0.0928 e. The zero-order chi connectivity index (χ0) is 17.8. The van der Waals surface area contributed by atoms with Gasteiger partial charge in [0.2, 0.25) is 0 Å². The van der Waals surface area contributed by atoms with Gasteiger partial charge in [-0.15, -0.1) is 0 Å². The molecule has 1 nitrogen and oxygen atoms in total. The molecule has 0 atom stereocenters. The molecule has 0 heterocycles. The first kappa shape index (κ1) is 16.3. The van der Waals surface area contributed by atoms with E-state index in [2.05, 4.69) is 72.8 Å². The molecule has 0 fully saturated rings. The molecule has 0 amide bonds. The zero-order valence-electron chi connectivity index (χ0n) is 14.5. The summed E-state index contributed by atoms with van der Waals surface area (Å²) in [6.07, 6.45) is 0. The quantitative estimate of drug-likeness (QED) is 0.482. The average molecular weight is 335 g/mol. The average Bonchev–Trinajstić information content (AvgIpc) is 2.75. The Kier molecular flexibility index (Phi) is 4.39. The Hall–Kier alpha value is -3.16. The molecule has 1 heteroatoms. The fourth-order valence-corrected chi connectivity index (χ4v) is 3.58. The topological polar surface area (TPSA) is 26.0 Å². The third-order valence-corrected chi connectivity index (χ3v) is 4.89. The van der Waals surface area contributed by atoms with E-state index in [1.165, 1.54) is 5.56 Å². The van der Waals surface area contributed by atoms with E-state index in [1.54, 1.807) is 0 Å². The maximum atomic E-state index is 7.20. The Morgan fingerprint density at radius 1 is 0.462 bits per heavy atom. The number of hydrogen-bond acceptors (Lipinski definition) is 1. The lowest BCUT2D eigenvalue weighted by atomic mass is 9.75. The van der Waals surface area contributed by atoms with Gasteiger partial charge in [-0.2, -0.15) is 0 Å². The van der Waals surface area contributed by atoms with Gasteiger partial charge in [0.25, 0.3) is 0 Å². The highest BCUT2D eigenvalue weighted by Crippen LogP contribution is 2.39. The van der Waals surface area contributed by atoms with Crippen molar-refractivity contribution >= 4 is 0 Å². The Balaban J connectivity index is 2.01. The summed E-state index contributed by atoms with van der Waals surface area (Å²) in [5.41, 5.74) is 12.1. The molecule has 4 aromatic rings. The van der Waals surface area contributed by atoms with E-state index in [4.69, 9.17) is 5.73 Å². The molecule has 0 saturated heterocycles. The highest BCUT2D eigenvalue weighted by Gasteiger charge is 2.33. The highest BCUT2D eigenvalue weighted by molar-refractivity contribution is 5.71. The van der Waals surface area contributed by atoms with Crippen molar-refractivity contribution in [2.24, 2.45) is 5.73 Å². The van der Waals surface area contributed by atoms with E-state index >= 15 is 0 Å². The first-order valence-electron chi connectivity index (χ1n) is 8.85. The van der Waals surface area contributed by atoms with Crippen molar-refractivity contribution in [1.29, 1.82) is 0 Å². The molecule has 0 spiro atoms. The molecule has 0 saturated carbocycles. The van der Waals surface area contributed by atoms with Crippen LogP contribution in [0.5, 0.6) is 0 Å². The second-order valence-corrected chi connectivity index (χ2v) is 6.45. The van der Waals surface area contributed by atoms with Gasteiger partial charge < -0.3 is 5.73 Å². The van der Waals surface area contributed by atoms with E-state index in [-0.39, 0.29) is 0 Å². The van der Waals surface area contributed by atoms with Crippen LogP contribution in [0.4, 0.5) is 0 Å². The van der Waals surface area contributed by atoms with E-state index in [0.29, 0.717) is 0 Å². The van der Waals surface area contributed by atoms with Gasteiger partial charge in [0.05, 0.1) is 5.54 Å². The second-order valence-electron chi connectivity index (χ2n) is 6.45. The first-order valence-corrected chi connectivity index (χ1v) is 8.85. The van der Waals surface area contributed by atoms with Crippen LogP contribution in [0.3, 0.4) is 0 Å². The van der Waals surface area contributed by atoms with Crippen molar-refractivity contribution in [2.75, 3.05) is 0 Å².